The van der Waals surface area contributed by atoms with E-state index in [1.165, 1.54) is 24.1 Å². The normalized spacial score (nSPS) is 13.9. The van der Waals surface area contributed by atoms with Crippen molar-refractivity contribution in [3.63, 3.8) is 0 Å². The van der Waals surface area contributed by atoms with Crippen molar-refractivity contribution in [2.75, 3.05) is 24.6 Å². The minimum absolute atomic E-state index is 0.0587. The van der Waals surface area contributed by atoms with Gasteiger partial charge in [-0.1, -0.05) is 19.1 Å². The quantitative estimate of drug-likeness (QED) is 0.584. The van der Waals surface area contributed by atoms with E-state index in [0.29, 0.717) is 5.75 Å². The van der Waals surface area contributed by atoms with Crippen LogP contribution in [0.2, 0.25) is 0 Å². The van der Waals surface area contributed by atoms with Crippen molar-refractivity contribution in [3.05, 3.63) is 58.7 Å². The molecule has 5 nitrogen and oxygen atoms in total. The van der Waals surface area contributed by atoms with Gasteiger partial charge in [-0.3, -0.25) is 4.79 Å². The molecular weight excluding hydrogens is 350 g/mol. The Balaban J connectivity index is 1.51. The van der Waals surface area contributed by atoms with Gasteiger partial charge in [-0.25, -0.2) is 5.43 Å². The fourth-order valence-corrected chi connectivity index (χ4v) is 3.44. The number of nitrogens with one attached hydrogen (secondary N) is 1. The summed E-state index contributed by atoms with van der Waals surface area (Å²) in [6, 6.07) is 12.4. The monoisotopic (exact) mass is 379 g/mol. The number of carbonyl (C=O) groups excluding carboxylic acids is 1. The van der Waals surface area contributed by atoms with Crippen molar-refractivity contribution in [1.82, 2.24) is 5.43 Å². The third-order valence-corrected chi connectivity index (χ3v) is 5.01. The Kier molecular flexibility index (Phi) is 6.69. The summed E-state index contributed by atoms with van der Waals surface area (Å²) in [5.74, 6) is 0.437. The Morgan fingerprint density at radius 2 is 1.96 bits per heavy atom. The van der Waals surface area contributed by atoms with Crippen molar-refractivity contribution in [3.8, 4) is 5.75 Å². The summed E-state index contributed by atoms with van der Waals surface area (Å²) < 4.78 is 5.60. The number of ether oxygens (including phenoxy) is 1. The van der Waals surface area contributed by atoms with E-state index in [2.05, 4.69) is 47.5 Å². The first-order valence-electron chi connectivity index (χ1n) is 9.96. The number of hydrogen-bond donors (Lipinski definition) is 1. The molecule has 0 radical (unpaired) electrons. The van der Waals surface area contributed by atoms with Crippen molar-refractivity contribution in [1.29, 1.82) is 0 Å². The number of benzene rings is 2. The second-order valence-corrected chi connectivity index (χ2v) is 7.32. The van der Waals surface area contributed by atoms with Gasteiger partial charge in [0.05, 0.1) is 6.21 Å². The van der Waals surface area contributed by atoms with Crippen LogP contribution in [0, 0.1) is 13.8 Å². The maximum absolute atomic E-state index is 12.0. The topological polar surface area (TPSA) is 53.9 Å². The first kappa shape index (κ1) is 19.9. The molecule has 2 aromatic rings. The van der Waals surface area contributed by atoms with Crippen LogP contribution < -0.4 is 15.1 Å². The molecule has 1 aliphatic heterocycles. The van der Waals surface area contributed by atoms with Crippen molar-refractivity contribution in [2.24, 2.45) is 5.10 Å². The number of amides is 1. The Morgan fingerprint density at radius 1 is 1.18 bits per heavy atom. The molecule has 0 bridgehead atoms. The molecule has 0 aliphatic carbocycles. The highest BCUT2D eigenvalue weighted by atomic mass is 16.5. The molecule has 3 rings (SSSR count). The molecule has 1 fully saturated rings. The van der Waals surface area contributed by atoms with E-state index >= 15 is 0 Å². The maximum atomic E-state index is 12.0. The van der Waals surface area contributed by atoms with E-state index in [1.807, 2.05) is 25.1 Å². The van der Waals surface area contributed by atoms with Gasteiger partial charge in [0.2, 0.25) is 0 Å². The van der Waals surface area contributed by atoms with E-state index in [0.717, 1.165) is 36.2 Å². The molecule has 0 spiro atoms. The molecular formula is C23H29N3O2. The highest BCUT2D eigenvalue weighted by Gasteiger charge is 2.12. The number of hydrazone groups is 1. The number of carbonyl (C=O) groups is 1. The third kappa shape index (κ3) is 5.35. The lowest BCUT2D eigenvalue weighted by Crippen LogP contribution is -2.24. The van der Waals surface area contributed by atoms with Gasteiger partial charge in [0, 0.05) is 18.8 Å². The van der Waals surface area contributed by atoms with Crippen LogP contribution in [-0.2, 0) is 11.2 Å². The Morgan fingerprint density at radius 3 is 2.68 bits per heavy atom. The molecule has 1 saturated heterocycles. The van der Waals surface area contributed by atoms with Crippen LogP contribution >= 0.6 is 0 Å². The van der Waals surface area contributed by atoms with E-state index in [4.69, 9.17) is 4.74 Å². The van der Waals surface area contributed by atoms with Gasteiger partial charge in [-0.2, -0.15) is 5.10 Å². The van der Waals surface area contributed by atoms with Crippen molar-refractivity contribution in [2.45, 2.75) is 40.0 Å². The Hall–Kier alpha value is -2.82. The lowest BCUT2D eigenvalue weighted by molar-refractivity contribution is -0.123. The third-order valence-electron chi connectivity index (χ3n) is 5.01. The largest absolute Gasteiger partial charge is 0.484 e. The van der Waals surface area contributed by atoms with Gasteiger partial charge in [0.15, 0.2) is 6.61 Å². The predicted octanol–water partition coefficient (Wildman–Crippen LogP) is 4.00. The fourth-order valence-electron chi connectivity index (χ4n) is 3.44. The molecule has 0 aromatic heterocycles. The standard InChI is InChI=1S/C23H29N3O2/c1-4-19-11-17(2)12-22(14-19)28-16-23(27)25-24-15-20-7-8-21(13-18(20)3)26-9-5-6-10-26/h7-8,11-15H,4-6,9-10,16H2,1-3H3,(H,25,27)/b24-15+. The maximum Gasteiger partial charge on any atom is 0.277 e. The smallest absolute Gasteiger partial charge is 0.277 e. The lowest BCUT2D eigenvalue weighted by atomic mass is 10.1. The molecule has 148 valence electrons. The number of hydrogen-bond acceptors (Lipinski definition) is 4. The summed E-state index contributed by atoms with van der Waals surface area (Å²) in [6.45, 7) is 8.38. The second kappa shape index (κ2) is 9.40. The zero-order valence-corrected chi connectivity index (χ0v) is 17.0. The van der Waals surface area contributed by atoms with Gasteiger partial charge in [-0.05, 0) is 79.6 Å². The molecule has 1 N–H and O–H groups in total. The molecule has 1 heterocycles. The number of rotatable bonds is 7. The first-order valence-corrected chi connectivity index (χ1v) is 9.96. The highest BCUT2D eigenvalue weighted by Crippen LogP contribution is 2.22. The van der Waals surface area contributed by atoms with Crippen LogP contribution in [-0.4, -0.2) is 31.8 Å². The van der Waals surface area contributed by atoms with Crippen LogP contribution in [0.3, 0.4) is 0 Å². The summed E-state index contributed by atoms with van der Waals surface area (Å²) in [6.07, 6.45) is 5.14. The van der Waals surface area contributed by atoms with Crippen LogP contribution in [0.5, 0.6) is 5.75 Å². The van der Waals surface area contributed by atoms with E-state index in [9.17, 15) is 4.79 Å². The summed E-state index contributed by atoms with van der Waals surface area (Å²) in [5.41, 5.74) is 8.26. The zero-order valence-electron chi connectivity index (χ0n) is 17.0. The highest BCUT2D eigenvalue weighted by molar-refractivity contribution is 5.85. The number of anilines is 1. The molecule has 1 amide bonds. The minimum atomic E-state index is -0.276. The Bertz CT molecular complexity index is 855. The molecule has 0 saturated carbocycles. The first-order chi connectivity index (χ1) is 13.5. The molecule has 2 aromatic carbocycles. The Labute approximate surface area is 167 Å². The number of aryl methyl sites for hydroxylation is 3. The molecule has 1 aliphatic rings. The summed E-state index contributed by atoms with van der Waals surface area (Å²) in [7, 11) is 0. The summed E-state index contributed by atoms with van der Waals surface area (Å²) in [4.78, 5) is 14.4. The molecule has 5 heteroatoms. The van der Waals surface area contributed by atoms with Gasteiger partial charge in [0.25, 0.3) is 5.91 Å². The lowest BCUT2D eigenvalue weighted by Gasteiger charge is -2.18. The zero-order chi connectivity index (χ0) is 19.9. The van der Waals surface area contributed by atoms with Crippen molar-refractivity contribution >= 4 is 17.8 Å². The minimum Gasteiger partial charge on any atom is -0.484 e. The fraction of sp³-hybridized carbons (Fsp3) is 0.391. The van der Waals surface area contributed by atoms with E-state index in [-0.39, 0.29) is 12.5 Å². The van der Waals surface area contributed by atoms with Crippen LogP contribution in [0.15, 0.2) is 41.5 Å². The van der Waals surface area contributed by atoms with E-state index in [1.54, 1.807) is 6.21 Å². The van der Waals surface area contributed by atoms with Gasteiger partial charge < -0.3 is 9.64 Å². The molecule has 0 atom stereocenters. The van der Waals surface area contributed by atoms with Crippen LogP contribution in [0.1, 0.15) is 42.0 Å². The second-order valence-electron chi connectivity index (χ2n) is 7.32. The average molecular weight is 380 g/mol. The average Bonchev–Trinajstić information content (AvgIpc) is 3.22. The van der Waals surface area contributed by atoms with Gasteiger partial charge >= 0.3 is 0 Å². The van der Waals surface area contributed by atoms with Gasteiger partial charge in [-0.15, -0.1) is 0 Å². The predicted molar refractivity (Wildman–Crippen MR) is 114 cm³/mol. The number of nitrogens with zero attached hydrogens (tertiary/aromatic N) is 2. The van der Waals surface area contributed by atoms with Crippen LogP contribution in [0.4, 0.5) is 5.69 Å². The SMILES string of the molecule is CCc1cc(C)cc(OCC(=O)N/N=C/c2ccc(N3CCCC3)cc2C)c1. The van der Waals surface area contributed by atoms with Crippen molar-refractivity contribution < 1.29 is 9.53 Å². The molecule has 0 unspecified atom stereocenters. The van der Waals surface area contributed by atoms with Crippen LogP contribution in [0.25, 0.3) is 0 Å². The summed E-state index contributed by atoms with van der Waals surface area (Å²) in [5, 5.41) is 4.07. The van der Waals surface area contributed by atoms with E-state index < -0.39 is 0 Å². The molecule has 28 heavy (non-hydrogen) atoms. The summed E-state index contributed by atoms with van der Waals surface area (Å²) >= 11 is 0. The van der Waals surface area contributed by atoms with Gasteiger partial charge in [0.1, 0.15) is 5.75 Å².